The third-order valence-electron chi connectivity index (χ3n) is 1.63. The lowest BCUT2D eigenvalue weighted by atomic mass is 10.2. The van der Waals surface area contributed by atoms with E-state index in [1.54, 1.807) is 0 Å². The lowest BCUT2D eigenvalue weighted by Crippen LogP contribution is -1.82. The van der Waals surface area contributed by atoms with Crippen molar-refractivity contribution >= 4 is 45.1 Å². The van der Waals surface area contributed by atoms with Gasteiger partial charge in [-0.15, -0.1) is 0 Å². The Labute approximate surface area is 103 Å². The summed E-state index contributed by atoms with van der Waals surface area (Å²) in [6.07, 6.45) is 0. The Kier molecular flexibility index (Phi) is 4.62. The molecule has 14 heavy (non-hydrogen) atoms. The van der Waals surface area contributed by atoms with Crippen molar-refractivity contribution in [2.75, 3.05) is 0 Å². The first kappa shape index (κ1) is 11.7. The van der Waals surface area contributed by atoms with E-state index in [0.717, 1.165) is 14.5 Å². The number of benzene rings is 1. The maximum absolute atomic E-state index is 5.87. The number of hydrogen-bond acceptors (Lipinski definition) is 1. The summed E-state index contributed by atoms with van der Waals surface area (Å²) in [5.74, 6) is 0. The lowest BCUT2D eigenvalue weighted by molar-refractivity contribution is 1.39. The fourth-order valence-corrected chi connectivity index (χ4v) is 1.67. The van der Waals surface area contributed by atoms with Gasteiger partial charge in [0, 0.05) is 5.39 Å². The van der Waals surface area contributed by atoms with E-state index in [0.29, 0.717) is 5.15 Å². The molecule has 0 bridgehead atoms. The van der Waals surface area contributed by atoms with E-state index in [1.165, 1.54) is 0 Å². The molecule has 0 atom stereocenters. The Morgan fingerprint density at radius 3 is 2.57 bits per heavy atom. The zero-order valence-electron chi connectivity index (χ0n) is 8.09. The Hall–Kier alpha value is -0.350. The Bertz CT molecular complexity index is 388. The molecule has 0 N–H and O–H groups in total. The molecule has 0 amide bonds. The van der Waals surface area contributed by atoms with Crippen LogP contribution in [0.15, 0.2) is 30.3 Å². The average molecular weight is 320 g/mol. The van der Waals surface area contributed by atoms with Crippen LogP contribution in [0.1, 0.15) is 13.8 Å². The summed E-state index contributed by atoms with van der Waals surface area (Å²) in [6.45, 7) is 4.00. The van der Waals surface area contributed by atoms with Crippen molar-refractivity contribution < 1.29 is 0 Å². The molecule has 0 fully saturated rings. The van der Waals surface area contributed by atoms with Crippen LogP contribution < -0.4 is 0 Å². The second kappa shape index (κ2) is 5.51. The van der Waals surface area contributed by atoms with Gasteiger partial charge in [-0.3, -0.25) is 0 Å². The molecule has 0 saturated carbocycles. The summed E-state index contributed by atoms with van der Waals surface area (Å²) >= 11 is 8.05. The average Bonchev–Trinajstić information content (AvgIpc) is 2.23. The van der Waals surface area contributed by atoms with E-state index in [9.17, 15) is 0 Å². The maximum Gasteiger partial charge on any atom is 0.143 e. The molecule has 0 spiro atoms. The van der Waals surface area contributed by atoms with E-state index < -0.39 is 0 Å². The number of pyridine rings is 1. The highest BCUT2D eigenvalue weighted by Crippen LogP contribution is 2.21. The van der Waals surface area contributed by atoms with Crippen molar-refractivity contribution in [2.24, 2.45) is 0 Å². The second-order valence-corrected chi connectivity index (χ2v) is 3.97. The van der Waals surface area contributed by atoms with Gasteiger partial charge in [0.05, 0.1) is 9.09 Å². The van der Waals surface area contributed by atoms with Crippen molar-refractivity contribution in [3.8, 4) is 0 Å². The van der Waals surface area contributed by atoms with Gasteiger partial charge in [0.25, 0.3) is 0 Å². The third kappa shape index (κ3) is 2.58. The fraction of sp³-hybridized carbons (Fsp3) is 0.182. The highest BCUT2D eigenvalue weighted by Gasteiger charge is 1.99. The molecule has 3 heteroatoms. The second-order valence-electron chi connectivity index (χ2n) is 2.45. The Balaban J connectivity index is 0.000000461. The molecule has 1 heterocycles. The van der Waals surface area contributed by atoms with Gasteiger partial charge in [-0.1, -0.05) is 43.6 Å². The molecule has 2 aromatic rings. The highest BCUT2D eigenvalue weighted by molar-refractivity contribution is 14.1. The Morgan fingerprint density at radius 1 is 1.21 bits per heavy atom. The smallest absolute Gasteiger partial charge is 0.143 e. The van der Waals surface area contributed by atoms with Crippen molar-refractivity contribution in [2.45, 2.75) is 13.8 Å². The number of para-hydroxylation sites is 1. The zero-order valence-corrected chi connectivity index (χ0v) is 11.0. The minimum Gasteiger partial charge on any atom is -0.235 e. The summed E-state index contributed by atoms with van der Waals surface area (Å²) in [7, 11) is 0. The summed E-state index contributed by atoms with van der Waals surface area (Å²) in [4.78, 5) is 4.23. The van der Waals surface area contributed by atoms with Crippen LogP contribution in [0.2, 0.25) is 5.15 Å². The predicted octanol–water partition coefficient (Wildman–Crippen LogP) is 4.52. The normalized spacial score (nSPS) is 9.43. The molecule has 0 aliphatic carbocycles. The van der Waals surface area contributed by atoms with Gasteiger partial charge in [0.2, 0.25) is 0 Å². The van der Waals surface area contributed by atoms with Crippen LogP contribution in [-0.2, 0) is 0 Å². The minimum atomic E-state index is 0.578. The molecule has 1 aromatic carbocycles. The largest absolute Gasteiger partial charge is 0.235 e. The molecule has 0 saturated heterocycles. The summed E-state index contributed by atoms with van der Waals surface area (Å²) in [5, 5.41) is 1.71. The van der Waals surface area contributed by atoms with Gasteiger partial charge in [-0.25, -0.2) is 4.98 Å². The van der Waals surface area contributed by atoms with Gasteiger partial charge < -0.3 is 0 Å². The third-order valence-corrected chi connectivity index (χ3v) is 3.06. The van der Waals surface area contributed by atoms with Gasteiger partial charge in [0.1, 0.15) is 5.15 Å². The molecule has 0 radical (unpaired) electrons. The van der Waals surface area contributed by atoms with E-state index in [1.807, 2.05) is 44.2 Å². The first-order valence-electron chi connectivity index (χ1n) is 4.48. The number of fused-ring (bicyclic) bond motifs is 1. The highest BCUT2D eigenvalue weighted by atomic mass is 127. The van der Waals surface area contributed by atoms with Crippen LogP contribution in [-0.4, -0.2) is 4.98 Å². The van der Waals surface area contributed by atoms with Gasteiger partial charge in [-0.2, -0.15) is 0 Å². The van der Waals surface area contributed by atoms with E-state index in [4.69, 9.17) is 11.6 Å². The fourth-order valence-electron chi connectivity index (χ4n) is 1.07. The molecule has 2 rings (SSSR count). The van der Waals surface area contributed by atoms with Gasteiger partial charge in [-0.05, 0) is 34.7 Å². The number of nitrogens with zero attached hydrogens (tertiary/aromatic N) is 1. The van der Waals surface area contributed by atoms with Crippen LogP contribution in [0.4, 0.5) is 0 Å². The first-order chi connectivity index (χ1) is 6.77. The first-order valence-corrected chi connectivity index (χ1v) is 5.94. The molecular weight excluding hydrogens is 308 g/mol. The van der Waals surface area contributed by atoms with E-state index in [-0.39, 0.29) is 0 Å². The SMILES string of the molecule is CC.Clc1nc2ccccc2cc1I. The Morgan fingerprint density at radius 2 is 1.86 bits per heavy atom. The van der Waals surface area contributed by atoms with E-state index in [2.05, 4.69) is 27.6 Å². The van der Waals surface area contributed by atoms with Crippen molar-refractivity contribution in [3.05, 3.63) is 39.1 Å². The van der Waals surface area contributed by atoms with E-state index >= 15 is 0 Å². The van der Waals surface area contributed by atoms with Gasteiger partial charge >= 0.3 is 0 Å². The molecular formula is C11H11ClIN. The minimum absolute atomic E-state index is 0.578. The van der Waals surface area contributed by atoms with Crippen molar-refractivity contribution in [1.82, 2.24) is 4.98 Å². The van der Waals surface area contributed by atoms with Crippen LogP contribution in [0, 0.1) is 3.57 Å². The molecule has 74 valence electrons. The zero-order chi connectivity index (χ0) is 10.6. The number of hydrogen-bond donors (Lipinski definition) is 0. The van der Waals surface area contributed by atoms with Gasteiger partial charge in [0.15, 0.2) is 0 Å². The molecule has 0 aliphatic heterocycles. The monoisotopic (exact) mass is 319 g/mol. The summed E-state index contributed by atoms with van der Waals surface area (Å²) in [6, 6.07) is 9.97. The number of rotatable bonds is 0. The maximum atomic E-state index is 5.87. The molecule has 1 aromatic heterocycles. The van der Waals surface area contributed by atoms with Crippen LogP contribution in [0.5, 0.6) is 0 Å². The summed E-state index contributed by atoms with van der Waals surface area (Å²) in [5.41, 5.74) is 0.947. The predicted molar refractivity (Wildman–Crippen MR) is 70.8 cm³/mol. The topological polar surface area (TPSA) is 12.9 Å². The standard InChI is InChI=1S/C9H5ClIN.C2H6/c10-9-7(11)5-6-3-1-2-4-8(6)12-9;1-2/h1-5H;1-2H3. The van der Waals surface area contributed by atoms with Crippen LogP contribution in [0.3, 0.4) is 0 Å². The quantitative estimate of drug-likeness (QED) is 0.514. The van der Waals surface area contributed by atoms with Crippen LogP contribution in [0.25, 0.3) is 10.9 Å². The lowest BCUT2D eigenvalue weighted by Gasteiger charge is -1.98. The summed E-state index contributed by atoms with van der Waals surface area (Å²) < 4.78 is 0.993. The number of halogens is 2. The van der Waals surface area contributed by atoms with Crippen molar-refractivity contribution in [1.29, 1.82) is 0 Å². The van der Waals surface area contributed by atoms with Crippen molar-refractivity contribution in [3.63, 3.8) is 0 Å². The molecule has 0 aliphatic rings. The molecule has 1 nitrogen and oxygen atoms in total. The number of aromatic nitrogens is 1. The molecule has 0 unspecified atom stereocenters. The van der Waals surface area contributed by atoms with Crippen LogP contribution >= 0.6 is 34.2 Å².